The van der Waals surface area contributed by atoms with Crippen molar-refractivity contribution in [2.45, 2.75) is 52.4 Å². The minimum Gasteiger partial charge on any atom is -0.0546 e. The van der Waals surface area contributed by atoms with E-state index in [0.29, 0.717) is 0 Å². The third-order valence-corrected chi connectivity index (χ3v) is 5.51. The lowest BCUT2D eigenvalue weighted by molar-refractivity contribution is 0.628. The molecule has 0 spiro atoms. The van der Waals surface area contributed by atoms with Crippen molar-refractivity contribution < 1.29 is 0 Å². The van der Waals surface area contributed by atoms with Gasteiger partial charge in [0.25, 0.3) is 0 Å². The lowest BCUT2D eigenvalue weighted by atomic mass is 9.74. The first-order chi connectivity index (χ1) is 9.24. The molecule has 2 aliphatic rings. The van der Waals surface area contributed by atoms with Gasteiger partial charge in [-0.2, -0.15) is 0 Å². The van der Waals surface area contributed by atoms with Gasteiger partial charge >= 0.3 is 0 Å². The predicted molar refractivity (Wildman–Crippen MR) is 85.6 cm³/mol. The molecular formula is C20H22. The van der Waals surface area contributed by atoms with Crippen LogP contribution in [0.5, 0.6) is 0 Å². The molecule has 2 aliphatic carbocycles. The van der Waals surface area contributed by atoms with Gasteiger partial charge in [0.15, 0.2) is 0 Å². The summed E-state index contributed by atoms with van der Waals surface area (Å²) in [5.74, 6) is 0. The van der Waals surface area contributed by atoms with E-state index >= 15 is 0 Å². The lowest BCUT2D eigenvalue weighted by Crippen LogP contribution is -2.21. The molecule has 0 amide bonds. The van der Waals surface area contributed by atoms with Crippen LogP contribution in [0.2, 0.25) is 0 Å². The van der Waals surface area contributed by atoms with E-state index in [-0.39, 0.29) is 10.8 Å². The molecule has 0 heterocycles. The highest BCUT2D eigenvalue weighted by Crippen LogP contribution is 2.60. The largest absolute Gasteiger partial charge is 0.0546 e. The molecule has 0 atom stereocenters. The van der Waals surface area contributed by atoms with Gasteiger partial charge in [0.1, 0.15) is 0 Å². The Morgan fingerprint density at radius 1 is 0.550 bits per heavy atom. The fourth-order valence-electron chi connectivity index (χ4n) is 4.37. The summed E-state index contributed by atoms with van der Waals surface area (Å²) < 4.78 is 0. The first kappa shape index (κ1) is 12.2. The van der Waals surface area contributed by atoms with Gasteiger partial charge in [-0.15, -0.1) is 0 Å². The van der Waals surface area contributed by atoms with Crippen LogP contribution < -0.4 is 0 Å². The van der Waals surface area contributed by atoms with Crippen LogP contribution in [0.15, 0.2) is 24.3 Å². The first-order valence-corrected chi connectivity index (χ1v) is 7.56. The summed E-state index contributed by atoms with van der Waals surface area (Å²) >= 11 is 0. The average molecular weight is 262 g/mol. The van der Waals surface area contributed by atoms with Gasteiger partial charge in [-0.1, -0.05) is 63.1 Å². The van der Waals surface area contributed by atoms with Crippen molar-refractivity contribution in [3.63, 3.8) is 0 Å². The number of aryl methyl sites for hydroxylation is 2. The van der Waals surface area contributed by atoms with Crippen LogP contribution in [0, 0.1) is 13.8 Å². The van der Waals surface area contributed by atoms with Crippen molar-refractivity contribution >= 4 is 0 Å². The van der Waals surface area contributed by atoms with Gasteiger partial charge in [0.05, 0.1) is 0 Å². The summed E-state index contributed by atoms with van der Waals surface area (Å²) in [6.07, 6.45) is 0. The second-order valence-corrected chi connectivity index (χ2v) is 7.72. The summed E-state index contributed by atoms with van der Waals surface area (Å²) in [6, 6.07) is 9.61. The van der Waals surface area contributed by atoms with Crippen LogP contribution >= 0.6 is 0 Å². The molecule has 0 fully saturated rings. The zero-order chi connectivity index (χ0) is 14.4. The maximum atomic E-state index is 2.40. The summed E-state index contributed by atoms with van der Waals surface area (Å²) in [4.78, 5) is 0. The average Bonchev–Trinajstić information content (AvgIpc) is 2.69. The second-order valence-electron chi connectivity index (χ2n) is 7.72. The molecule has 0 aliphatic heterocycles. The van der Waals surface area contributed by atoms with Crippen molar-refractivity contribution in [1.29, 1.82) is 0 Å². The maximum Gasteiger partial charge on any atom is 0.0159 e. The summed E-state index contributed by atoms with van der Waals surface area (Å²) in [6.45, 7) is 14.0. The fraction of sp³-hybridized carbons (Fsp3) is 0.400. The summed E-state index contributed by atoms with van der Waals surface area (Å²) in [5, 5.41) is 0. The molecule has 0 unspecified atom stereocenters. The predicted octanol–water partition coefficient (Wildman–Crippen LogP) is 5.25. The van der Waals surface area contributed by atoms with E-state index in [1.807, 2.05) is 0 Å². The van der Waals surface area contributed by atoms with Crippen LogP contribution in [0.1, 0.15) is 61.1 Å². The van der Waals surface area contributed by atoms with E-state index < -0.39 is 0 Å². The highest BCUT2D eigenvalue weighted by molar-refractivity contribution is 5.92. The molecule has 0 N–H and O–H groups in total. The van der Waals surface area contributed by atoms with Crippen LogP contribution in [0.4, 0.5) is 0 Å². The molecule has 0 heteroatoms. The molecule has 0 aromatic heterocycles. The van der Waals surface area contributed by atoms with Crippen molar-refractivity contribution in [2.24, 2.45) is 0 Å². The topological polar surface area (TPSA) is 0 Å². The third kappa shape index (κ3) is 1.15. The minimum atomic E-state index is 0.142. The van der Waals surface area contributed by atoms with Gasteiger partial charge in [0.2, 0.25) is 0 Å². The molecule has 20 heavy (non-hydrogen) atoms. The van der Waals surface area contributed by atoms with Crippen LogP contribution in [0.3, 0.4) is 0 Å². The molecule has 0 bridgehead atoms. The molecule has 0 saturated carbocycles. The highest BCUT2D eigenvalue weighted by atomic mass is 14.5. The Kier molecular flexibility index (Phi) is 1.95. The molecule has 102 valence electrons. The van der Waals surface area contributed by atoms with Gasteiger partial charge in [-0.3, -0.25) is 0 Å². The van der Waals surface area contributed by atoms with Gasteiger partial charge in [-0.25, -0.2) is 0 Å². The fourth-order valence-corrected chi connectivity index (χ4v) is 4.37. The van der Waals surface area contributed by atoms with E-state index in [0.717, 1.165) is 0 Å². The Hall–Kier alpha value is -1.56. The molecule has 0 saturated heterocycles. The van der Waals surface area contributed by atoms with Gasteiger partial charge < -0.3 is 0 Å². The quantitative estimate of drug-likeness (QED) is 0.608. The van der Waals surface area contributed by atoms with E-state index in [4.69, 9.17) is 0 Å². The molecule has 2 aromatic carbocycles. The number of hydrogen-bond donors (Lipinski definition) is 0. The Labute approximate surface area is 121 Å². The minimum absolute atomic E-state index is 0.142. The van der Waals surface area contributed by atoms with Crippen molar-refractivity contribution in [3.05, 3.63) is 57.6 Å². The van der Waals surface area contributed by atoms with E-state index in [1.54, 1.807) is 0 Å². The summed E-state index contributed by atoms with van der Waals surface area (Å²) in [5.41, 5.74) is 12.3. The van der Waals surface area contributed by atoms with E-state index in [9.17, 15) is 0 Å². The standard InChI is InChI=1S/C20H22/c1-11-7-13-17-14(8-11)20(5,6)16-10-12(2)9-15(18(16)17)19(13,3)4/h7-10H,1-6H3. The normalized spacial score (nSPS) is 19.3. The van der Waals surface area contributed by atoms with Crippen LogP contribution in [-0.4, -0.2) is 0 Å². The van der Waals surface area contributed by atoms with E-state index in [1.165, 1.54) is 44.5 Å². The van der Waals surface area contributed by atoms with Crippen molar-refractivity contribution in [2.75, 3.05) is 0 Å². The van der Waals surface area contributed by atoms with Gasteiger partial charge in [0, 0.05) is 10.8 Å². The molecule has 0 nitrogen and oxygen atoms in total. The molecule has 2 aromatic rings. The van der Waals surface area contributed by atoms with Crippen molar-refractivity contribution in [3.8, 4) is 11.1 Å². The van der Waals surface area contributed by atoms with Crippen LogP contribution in [-0.2, 0) is 10.8 Å². The maximum absolute atomic E-state index is 2.40. The molecule has 4 rings (SSSR count). The summed E-state index contributed by atoms with van der Waals surface area (Å²) in [7, 11) is 0. The molecular weight excluding hydrogens is 240 g/mol. The number of rotatable bonds is 0. The second kappa shape index (κ2) is 3.19. The third-order valence-electron chi connectivity index (χ3n) is 5.51. The smallest absolute Gasteiger partial charge is 0.0159 e. The van der Waals surface area contributed by atoms with E-state index in [2.05, 4.69) is 65.8 Å². The lowest BCUT2D eigenvalue weighted by Gasteiger charge is -2.29. The zero-order valence-electron chi connectivity index (χ0n) is 13.3. The Morgan fingerprint density at radius 2 is 0.800 bits per heavy atom. The number of benzene rings is 2. The SMILES string of the molecule is Cc1cc2c3c(c1)C(C)(C)c1cc(C)cc(c1-3)C2(C)C. The first-order valence-electron chi connectivity index (χ1n) is 7.56. The zero-order valence-corrected chi connectivity index (χ0v) is 13.3. The van der Waals surface area contributed by atoms with Crippen molar-refractivity contribution in [1.82, 2.24) is 0 Å². The Morgan fingerprint density at radius 3 is 1.05 bits per heavy atom. The molecule has 0 radical (unpaired) electrons. The Bertz CT molecular complexity index is 651. The van der Waals surface area contributed by atoms with Gasteiger partial charge in [-0.05, 0) is 47.2 Å². The Balaban J connectivity index is 2.26. The highest BCUT2D eigenvalue weighted by Gasteiger charge is 2.47. The monoisotopic (exact) mass is 262 g/mol. The number of hydrogen-bond acceptors (Lipinski definition) is 0. The van der Waals surface area contributed by atoms with Crippen LogP contribution in [0.25, 0.3) is 11.1 Å².